The molecule has 0 bridgehead atoms. The third kappa shape index (κ3) is 3.47. The van der Waals surface area contributed by atoms with Crippen molar-refractivity contribution in [2.45, 2.75) is 65.2 Å². The molecule has 1 aromatic rings. The first kappa shape index (κ1) is 16.1. The third-order valence-electron chi connectivity index (χ3n) is 5.12. The first-order chi connectivity index (χ1) is 10.0. The van der Waals surface area contributed by atoms with Crippen LogP contribution in [-0.4, -0.2) is 20.9 Å². The van der Waals surface area contributed by atoms with Crippen LogP contribution in [0.5, 0.6) is 0 Å². The van der Waals surface area contributed by atoms with Gasteiger partial charge in [-0.3, -0.25) is 9.48 Å². The van der Waals surface area contributed by atoms with Gasteiger partial charge in [0.2, 0.25) is 0 Å². The minimum absolute atomic E-state index is 0.580. The van der Waals surface area contributed by atoms with E-state index in [1.165, 1.54) is 12.8 Å². The number of aliphatic carboxylic acids is 1. The quantitative estimate of drug-likeness (QED) is 0.871. The van der Waals surface area contributed by atoms with Crippen LogP contribution in [0, 0.1) is 11.3 Å². The molecule has 1 aromatic heterocycles. The topological polar surface area (TPSA) is 55.1 Å². The van der Waals surface area contributed by atoms with Crippen LogP contribution < -0.4 is 0 Å². The van der Waals surface area contributed by atoms with Gasteiger partial charge in [-0.1, -0.05) is 26.7 Å². The largest absolute Gasteiger partial charge is 0.481 e. The summed E-state index contributed by atoms with van der Waals surface area (Å²) < 4.78 is 1.86. The Morgan fingerprint density at radius 1 is 1.43 bits per heavy atom. The van der Waals surface area contributed by atoms with Crippen LogP contribution in [0.25, 0.3) is 0 Å². The zero-order chi connectivity index (χ0) is 15.5. The van der Waals surface area contributed by atoms with Gasteiger partial charge in [0.15, 0.2) is 0 Å². The zero-order valence-corrected chi connectivity index (χ0v) is 13.6. The fourth-order valence-corrected chi connectivity index (χ4v) is 3.65. The summed E-state index contributed by atoms with van der Waals surface area (Å²) in [6, 6.07) is 2.07. The molecule has 0 amide bonds. The molecule has 1 saturated carbocycles. The Morgan fingerprint density at radius 3 is 2.57 bits per heavy atom. The van der Waals surface area contributed by atoms with Gasteiger partial charge in [-0.2, -0.15) is 5.10 Å². The van der Waals surface area contributed by atoms with E-state index in [4.69, 9.17) is 0 Å². The number of rotatable bonds is 6. The molecule has 4 heteroatoms. The molecular formula is C17H28N2O2. The summed E-state index contributed by atoms with van der Waals surface area (Å²) in [5.41, 5.74) is 1.53. The first-order valence-corrected chi connectivity index (χ1v) is 8.26. The van der Waals surface area contributed by atoms with Crippen LogP contribution in [0.4, 0.5) is 0 Å². The Labute approximate surface area is 127 Å². The monoisotopic (exact) mass is 292 g/mol. The molecule has 1 fully saturated rings. The van der Waals surface area contributed by atoms with Crippen molar-refractivity contribution in [3.05, 3.63) is 17.5 Å². The van der Waals surface area contributed by atoms with Gasteiger partial charge in [-0.25, -0.2) is 0 Å². The maximum Gasteiger partial charge on any atom is 0.310 e. The number of carboxylic acid groups (broad SMARTS) is 1. The fourth-order valence-electron chi connectivity index (χ4n) is 3.65. The number of aromatic nitrogens is 2. The average Bonchev–Trinajstić information content (AvgIpc) is 2.81. The van der Waals surface area contributed by atoms with Gasteiger partial charge in [0.25, 0.3) is 0 Å². The Morgan fingerprint density at radius 2 is 2.10 bits per heavy atom. The van der Waals surface area contributed by atoms with E-state index in [1.807, 2.05) is 11.7 Å². The SMILES string of the molecule is CCCC1CCC(Cc2cc(CC)nn2C)(C(=O)O)CC1. The molecule has 0 saturated heterocycles. The lowest BCUT2D eigenvalue weighted by atomic mass is 9.67. The maximum absolute atomic E-state index is 11.9. The summed E-state index contributed by atoms with van der Waals surface area (Å²) in [4.78, 5) is 11.9. The number of hydrogen-bond donors (Lipinski definition) is 1. The Balaban J connectivity index is 2.12. The van der Waals surface area contributed by atoms with E-state index in [0.29, 0.717) is 6.42 Å². The molecule has 0 radical (unpaired) electrons. The summed E-state index contributed by atoms with van der Waals surface area (Å²) in [7, 11) is 1.92. The lowest BCUT2D eigenvalue weighted by Crippen LogP contribution is -2.38. The molecular weight excluding hydrogens is 264 g/mol. The van der Waals surface area contributed by atoms with E-state index < -0.39 is 11.4 Å². The zero-order valence-electron chi connectivity index (χ0n) is 13.6. The summed E-state index contributed by atoms with van der Waals surface area (Å²) in [5, 5.41) is 14.2. The van der Waals surface area contributed by atoms with E-state index in [2.05, 4.69) is 25.0 Å². The molecule has 118 valence electrons. The number of nitrogens with zero attached hydrogens (tertiary/aromatic N) is 2. The average molecular weight is 292 g/mol. The van der Waals surface area contributed by atoms with E-state index in [9.17, 15) is 9.90 Å². The highest BCUT2D eigenvalue weighted by atomic mass is 16.4. The summed E-state index contributed by atoms with van der Waals surface area (Å²) in [6.45, 7) is 4.29. The van der Waals surface area contributed by atoms with Gasteiger partial charge in [0.1, 0.15) is 0 Å². The van der Waals surface area contributed by atoms with Crippen LogP contribution in [0.15, 0.2) is 6.07 Å². The molecule has 0 spiro atoms. The maximum atomic E-state index is 11.9. The molecule has 1 heterocycles. The van der Waals surface area contributed by atoms with Crippen molar-refractivity contribution < 1.29 is 9.90 Å². The standard InChI is InChI=1S/C17H28N2O2/c1-4-6-13-7-9-17(10-8-13,16(20)21)12-15-11-14(5-2)18-19(15)3/h11,13H,4-10,12H2,1-3H3,(H,20,21). The number of hydrogen-bond acceptors (Lipinski definition) is 2. The molecule has 0 aliphatic heterocycles. The van der Waals surface area contributed by atoms with E-state index in [-0.39, 0.29) is 0 Å². The summed E-state index contributed by atoms with van der Waals surface area (Å²) in [6.07, 6.45) is 7.67. The number of carbonyl (C=O) groups is 1. The van der Waals surface area contributed by atoms with Crippen LogP contribution in [0.1, 0.15) is 63.8 Å². The van der Waals surface area contributed by atoms with Crippen LogP contribution in [0.3, 0.4) is 0 Å². The molecule has 1 N–H and O–H groups in total. The lowest BCUT2D eigenvalue weighted by Gasteiger charge is -2.36. The molecule has 4 nitrogen and oxygen atoms in total. The van der Waals surface area contributed by atoms with Crippen molar-refractivity contribution in [1.82, 2.24) is 9.78 Å². The smallest absolute Gasteiger partial charge is 0.310 e. The van der Waals surface area contributed by atoms with Crippen LogP contribution >= 0.6 is 0 Å². The second-order valence-corrected chi connectivity index (χ2v) is 6.60. The molecule has 0 unspecified atom stereocenters. The van der Waals surface area contributed by atoms with Crippen LogP contribution in [-0.2, 0) is 24.7 Å². The molecule has 0 aromatic carbocycles. The minimum atomic E-state index is -0.628. The van der Waals surface area contributed by atoms with Gasteiger partial charge >= 0.3 is 5.97 Å². The highest BCUT2D eigenvalue weighted by Gasteiger charge is 2.42. The lowest BCUT2D eigenvalue weighted by molar-refractivity contribution is -0.151. The highest BCUT2D eigenvalue weighted by Crippen LogP contribution is 2.43. The van der Waals surface area contributed by atoms with Crippen molar-refractivity contribution >= 4 is 5.97 Å². The molecule has 21 heavy (non-hydrogen) atoms. The molecule has 2 rings (SSSR count). The number of aryl methyl sites for hydroxylation is 2. The van der Waals surface area contributed by atoms with Crippen molar-refractivity contribution in [2.24, 2.45) is 18.4 Å². The fraction of sp³-hybridized carbons (Fsp3) is 0.765. The molecule has 1 aliphatic carbocycles. The van der Waals surface area contributed by atoms with Gasteiger partial charge in [-0.15, -0.1) is 0 Å². The van der Waals surface area contributed by atoms with Crippen LogP contribution in [0.2, 0.25) is 0 Å². The summed E-state index contributed by atoms with van der Waals surface area (Å²) in [5.74, 6) is 0.0944. The van der Waals surface area contributed by atoms with Gasteiger partial charge < -0.3 is 5.11 Å². The van der Waals surface area contributed by atoms with Crippen molar-refractivity contribution in [3.8, 4) is 0 Å². The predicted molar refractivity (Wildman–Crippen MR) is 83.2 cm³/mol. The predicted octanol–water partition coefficient (Wildman–Crippen LogP) is 3.59. The highest BCUT2D eigenvalue weighted by molar-refractivity contribution is 5.75. The van der Waals surface area contributed by atoms with E-state index >= 15 is 0 Å². The normalized spacial score (nSPS) is 26.0. The van der Waals surface area contributed by atoms with Gasteiger partial charge in [0.05, 0.1) is 11.1 Å². The number of carboxylic acids is 1. The second-order valence-electron chi connectivity index (χ2n) is 6.60. The van der Waals surface area contributed by atoms with E-state index in [0.717, 1.165) is 49.4 Å². The second kappa shape index (κ2) is 6.63. The Hall–Kier alpha value is -1.32. The summed E-state index contributed by atoms with van der Waals surface area (Å²) >= 11 is 0. The minimum Gasteiger partial charge on any atom is -0.481 e. The van der Waals surface area contributed by atoms with Gasteiger partial charge in [-0.05, 0) is 44.1 Å². The Kier molecular flexibility index (Phi) is 5.07. The van der Waals surface area contributed by atoms with Crippen molar-refractivity contribution in [3.63, 3.8) is 0 Å². The van der Waals surface area contributed by atoms with Crippen molar-refractivity contribution in [2.75, 3.05) is 0 Å². The third-order valence-corrected chi connectivity index (χ3v) is 5.12. The van der Waals surface area contributed by atoms with E-state index in [1.54, 1.807) is 0 Å². The molecule has 0 atom stereocenters. The molecule has 1 aliphatic rings. The van der Waals surface area contributed by atoms with Crippen molar-refractivity contribution in [1.29, 1.82) is 0 Å². The Bertz CT molecular complexity index is 485. The van der Waals surface area contributed by atoms with Gasteiger partial charge in [0, 0.05) is 19.2 Å². The first-order valence-electron chi connectivity index (χ1n) is 8.26.